The number of fused-ring (bicyclic) bond motifs is 2. The molecule has 2 atom stereocenters. The van der Waals surface area contributed by atoms with Crippen molar-refractivity contribution < 1.29 is 14.3 Å². The highest BCUT2D eigenvalue weighted by atomic mass is 35.5. The number of ether oxygens (including phenoxy) is 2. The molecule has 0 aliphatic carbocycles. The third-order valence-electron chi connectivity index (χ3n) is 8.85. The molecule has 8 heteroatoms. The van der Waals surface area contributed by atoms with Crippen molar-refractivity contribution in [3.8, 4) is 11.5 Å². The van der Waals surface area contributed by atoms with Gasteiger partial charge in [-0.05, 0) is 89.6 Å². The maximum absolute atomic E-state index is 13.7. The molecule has 0 bridgehead atoms. The van der Waals surface area contributed by atoms with E-state index in [0.717, 1.165) is 48.1 Å². The Balaban J connectivity index is 1.32. The molecule has 0 radical (unpaired) electrons. The molecule has 39 heavy (non-hydrogen) atoms. The summed E-state index contributed by atoms with van der Waals surface area (Å²) in [5.41, 5.74) is 4.32. The van der Waals surface area contributed by atoms with Gasteiger partial charge in [0.1, 0.15) is 0 Å². The average molecular weight is 556 g/mol. The summed E-state index contributed by atoms with van der Waals surface area (Å²) in [7, 11) is 0. The van der Waals surface area contributed by atoms with Crippen molar-refractivity contribution in [1.82, 2.24) is 14.8 Å². The lowest BCUT2D eigenvalue weighted by atomic mass is 9.93. The standard InChI is InChI=1S/C31H42ClN3O4/c1-6-22(34-14-8-7-9-15-34)11-10-13-31(5)38-27-21(4)25-23(26(32)28(27)39-31)12-16-35(30(25)37)18-24-19(2)17-20(3)33-29(24)36/h17,22H,6-16,18H2,1-5H3,(H,33,36). The van der Waals surface area contributed by atoms with Gasteiger partial charge in [0.05, 0.1) is 17.1 Å². The van der Waals surface area contributed by atoms with Gasteiger partial charge in [-0.15, -0.1) is 0 Å². The number of amides is 1. The molecule has 1 aromatic heterocycles. The molecule has 5 rings (SSSR count). The zero-order chi connectivity index (χ0) is 27.9. The van der Waals surface area contributed by atoms with Gasteiger partial charge >= 0.3 is 0 Å². The number of hydrogen-bond acceptors (Lipinski definition) is 5. The second-order valence-corrected chi connectivity index (χ2v) is 12.1. The van der Waals surface area contributed by atoms with E-state index in [1.165, 1.54) is 32.4 Å². The van der Waals surface area contributed by atoms with Crippen LogP contribution in [0.5, 0.6) is 11.5 Å². The summed E-state index contributed by atoms with van der Waals surface area (Å²) in [6.07, 6.45) is 8.57. The van der Waals surface area contributed by atoms with Crippen molar-refractivity contribution in [2.75, 3.05) is 19.6 Å². The molecule has 3 aliphatic rings. The molecule has 0 spiro atoms. The van der Waals surface area contributed by atoms with E-state index in [9.17, 15) is 9.59 Å². The Morgan fingerprint density at radius 2 is 1.79 bits per heavy atom. The van der Waals surface area contributed by atoms with E-state index in [4.69, 9.17) is 21.1 Å². The number of aromatic nitrogens is 1. The number of halogens is 1. The second kappa shape index (κ2) is 11.2. The molecule has 0 saturated carbocycles. The first-order chi connectivity index (χ1) is 18.6. The van der Waals surface area contributed by atoms with Gasteiger partial charge in [-0.1, -0.05) is 24.9 Å². The Labute approximate surface area is 236 Å². The number of carbonyl (C=O) groups excluding carboxylic acids is 1. The zero-order valence-corrected chi connectivity index (χ0v) is 24.8. The van der Waals surface area contributed by atoms with Crippen LogP contribution in [-0.4, -0.2) is 52.2 Å². The van der Waals surface area contributed by atoms with Crippen molar-refractivity contribution in [2.45, 2.75) is 104 Å². The van der Waals surface area contributed by atoms with E-state index in [0.29, 0.717) is 46.7 Å². The number of benzene rings is 1. The third-order valence-corrected chi connectivity index (χ3v) is 9.25. The number of nitrogens with zero attached hydrogens (tertiary/aromatic N) is 2. The molecule has 4 heterocycles. The molecule has 7 nitrogen and oxygen atoms in total. The molecule has 1 fully saturated rings. The fourth-order valence-electron chi connectivity index (χ4n) is 6.66. The van der Waals surface area contributed by atoms with E-state index in [2.05, 4.69) is 16.8 Å². The Hall–Kier alpha value is -2.51. The fraction of sp³-hybridized carbons (Fsp3) is 0.613. The summed E-state index contributed by atoms with van der Waals surface area (Å²) in [6, 6.07) is 2.54. The number of nitrogens with one attached hydrogen (secondary N) is 1. The highest BCUT2D eigenvalue weighted by molar-refractivity contribution is 6.34. The predicted octanol–water partition coefficient (Wildman–Crippen LogP) is 6.07. The normalized spacial score (nSPS) is 21.8. The molecule has 2 aromatic rings. The number of pyridine rings is 1. The Morgan fingerprint density at radius 3 is 2.49 bits per heavy atom. The Morgan fingerprint density at radius 1 is 1.08 bits per heavy atom. The smallest absolute Gasteiger partial charge is 0.254 e. The number of hydrogen-bond donors (Lipinski definition) is 1. The van der Waals surface area contributed by atoms with Crippen LogP contribution in [0.25, 0.3) is 0 Å². The van der Waals surface area contributed by atoms with Crippen LogP contribution in [0.1, 0.15) is 97.1 Å². The molecule has 212 valence electrons. The first-order valence-electron chi connectivity index (χ1n) is 14.6. The lowest BCUT2D eigenvalue weighted by molar-refractivity contribution is -0.0709. The Kier molecular flexibility index (Phi) is 8.03. The molecule has 3 aliphatic heterocycles. The third kappa shape index (κ3) is 5.45. The van der Waals surface area contributed by atoms with Crippen LogP contribution in [-0.2, 0) is 13.0 Å². The topological polar surface area (TPSA) is 74.9 Å². The first-order valence-corrected chi connectivity index (χ1v) is 15.0. The molecule has 1 aromatic carbocycles. The largest absolute Gasteiger partial charge is 0.448 e. The summed E-state index contributed by atoms with van der Waals surface area (Å²) in [5.74, 6) is 0.201. The van der Waals surface area contributed by atoms with Crippen LogP contribution in [0.2, 0.25) is 5.02 Å². The van der Waals surface area contributed by atoms with Crippen molar-refractivity contribution >= 4 is 17.5 Å². The van der Waals surface area contributed by atoms with Gasteiger partial charge in [0.25, 0.3) is 11.5 Å². The molecular weight excluding hydrogens is 514 g/mol. The maximum Gasteiger partial charge on any atom is 0.254 e. The summed E-state index contributed by atoms with van der Waals surface area (Å²) in [6.45, 7) is 13.1. The van der Waals surface area contributed by atoms with Gasteiger partial charge in [0, 0.05) is 42.8 Å². The van der Waals surface area contributed by atoms with Crippen LogP contribution in [0.3, 0.4) is 0 Å². The number of likely N-dealkylation sites (tertiary alicyclic amines) is 1. The molecule has 1 N–H and O–H groups in total. The number of H-pyrrole nitrogens is 1. The van der Waals surface area contributed by atoms with E-state index < -0.39 is 5.79 Å². The van der Waals surface area contributed by atoms with Crippen LogP contribution in [0.4, 0.5) is 0 Å². The highest BCUT2D eigenvalue weighted by Crippen LogP contribution is 2.52. The minimum absolute atomic E-state index is 0.123. The highest BCUT2D eigenvalue weighted by Gasteiger charge is 2.43. The van der Waals surface area contributed by atoms with Gasteiger partial charge in [0.2, 0.25) is 5.79 Å². The lowest BCUT2D eigenvalue weighted by Crippen LogP contribution is -2.40. The van der Waals surface area contributed by atoms with Crippen LogP contribution in [0.15, 0.2) is 10.9 Å². The molecule has 1 amide bonds. The Bertz CT molecular complexity index is 1320. The molecule has 2 unspecified atom stereocenters. The van der Waals surface area contributed by atoms with Crippen molar-refractivity contribution in [2.24, 2.45) is 0 Å². The second-order valence-electron chi connectivity index (χ2n) is 11.8. The van der Waals surface area contributed by atoms with Crippen molar-refractivity contribution in [3.05, 3.63) is 55.0 Å². The average Bonchev–Trinajstić information content (AvgIpc) is 3.26. The van der Waals surface area contributed by atoms with E-state index in [1.807, 2.05) is 33.8 Å². The van der Waals surface area contributed by atoms with Gasteiger partial charge in [-0.2, -0.15) is 0 Å². The quantitative estimate of drug-likeness (QED) is 0.427. The van der Waals surface area contributed by atoms with E-state index in [-0.39, 0.29) is 18.0 Å². The number of piperidine rings is 1. The monoisotopic (exact) mass is 555 g/mol. The van der Waals surface area contributed by atoms with Gasteiger partial charge < -0.3 is 24.3 Å². The predicted molar refractivity (Wildman–Crippen MR) is 154 cm³/mol. The van der Waals surface area contributed by atoms with Gasteiger partial charge in [-0.3, -0.25) is 9.59 Å². The summed E-state index contributed by atoms with van der Waals surface area (Å²) < 4.78 is 12.8. The van der Waals surface area contributed by atoms with Crippen LogP contribution in [0, 0.1) is 20.8 Å². The molecule has 1 saturated heterocycles. The first kappa shape index (κ1) is 28.0. The summed E-state index contributed by atoms with van der Waals surface area (Å²) >= 11 is 6.88. The maximum atomic E-state index is 13.7. The van der Waals surface area contributed by atoms with E-state index >= 15 is 0 Å². The number of rotatable bonds is 8. The van der Waals surface area contributed by atoms with Gasteiger partial charge in [0.15, 0.2) is 11.5 Å². The van der Waals surface area contributed by atoms with Crippen LogP contribution >= 0.6 is 11.6 Å². The van der Waals surface area contributed by atoms with Crippen molar-refractivity contribution in [1.29, 1.82) is 0 Å². The van der Waals surface area contributed by atoms with Crippen molar-refractivity contribution in [3.63, 3.8) is 0 Å². The molecular formula is C31H42ClN3O4. The minimum Gasteiger partial charge on any atom is -0.448 e. The number of aromatic amines is 1. The van der Waals surface area contributed by atoms with Gasteiger partial charge in [-0.25, -0.2) is 0 Å². The zero-order valence-electron chi connectivity index (χ0n) is 24.0. The summed E-state index contributed by atoms with van der Waals surface area (Å²) in [5, 5.41) is 0.478. The minimum atomic E-state index is -0.810. The van der Waals surface area contributed by atoms with Crippen LogP contribution < -0.4 is 15.0 Å². The fourth-order valence-corrected chi connectivity index (χ4v) is 6.98. The number of carbonyl (C=O) groups is 1. The number of aryl methyl sites for hydroxylation is 2. The lowest BCUT2D eigenvalue weighted by Gasteiger charge is -2.34. The SMILES string of the molecule is CCC(CCCC1(C)Oc2c(C)c3c(c(Cl)c2O1)CCN(Cc1c(C)cc(C)[nH]c1=O)C3=O)N1CCCCC1. The van der Waals surface area contributed by atoms with E-state index in [1.54, 1.807) is 4.90 Å². The summed E-state index contributed by atoms with van der Waals surface area (Å²) in [4.78, 5) is 33.6.